The van der Waals surface area contributed by atoms with Crippen molar-refractivity contribution in [1.29, 1.82) is 0 Å². The number of benzene rings is 1. The monoisotopic (exact) mass is 396 g/mol. The first-order valence-electron chi connectivity index (χ1n) is 6.63. The van der Waals surface area contributed by atoms with Crippen molar-refractivity contribution in [1.82, 2.24) is 4.72 Å². The van der Waals surface area contributed by atoms with Crippen LogP contribution < -0.4 is 10.5 Å². The van der Waals surface area contributed by atoms with Crippen LogP contribution in [-0.2, 0) is 10.0 Å². The lowest BCUT2D eigenvalue weighted by Crippen LogP contribution is -2.38. The number of thioether (sulfide) groups is 1. The van der Waals surface area contributed by atoms with Crippen molar-refractivity contribution in [3.05, 3.63) is 22.4 Å². The van der Waals surface area contributed by atoms with Gasteiger partial charge in [-0.1, -0.05) is 0 Å². The molecule has 0 unspecified atom stereocenters. The number of anilines is 1. The molecule has 4 nitrogen and oxygen atoms in total. The highest BCUT2D eigenvalue weighted by Gasteiger charge is 2.28. The second-order valence-electron chi connectivity index (χ2n) is 5.15. The van der Waals surface area contributed by atoms with Crippen molar-refractivity contribution in [2.45, 2.75) is 41.9 Å². The molecule has 1 aliphatic rings. The number of nitrogen functional groups attached to an aromatic ring is 1. The molecule has 3 N–H and O–H groups in total. The maximum absolute atomic E-state index is 14.0. The van der Waals surface area contributed by atoms with Crippen molar-refractivity contribution in [3.63, 3.8) is 0 Å². The molecule has 118 valence electrons. The summed E-state index contributed by atoms with van der Waals surface area (Å²) in [6, 6.07) is 2.35. The second kappa shape index (κ2) is 6.85. The summed E-state index contributed by atoms with van der Waals surface area (Å²) in [4.78, 5) is -0.402. The molecule has 0 aliphatic heterocycles. The lowest BCUT2D eigenvalue weighted by Gasteiger charge is -2.27. The molecule has 0 amide bonds. The van der Waals surface area contributed by atoms with E-state index in [0.29, 0.717) is 5.25 Å². The fourth-order valence-corrected chi connectivity index (χ4v) is 5.27. The van der Waals surface area contributed by atoms with E-state index in [1.807, 2.05) is 11.8 Å². The number of sulfonamides is 1. The van der Waals surface area contributed by atoms with Crippen molar-refractivity contribution in [2.24, 2.45) is 0 Å². The Kier molecular flexibility index (Phi) is 5.56. The normalized spacial score (nSPS) is 23.2. The van der Waals surface area contributed by atoms with E-state index in [0.717, 1.165) is 31.7 Å². The maximum Gasteiger partial charge on any atom is 0.243 e. The molecule has 1 aromatic rings. The summed E-state index contributed by atoms with van der Waals surface area (Å²) >= 11 is 4.79. The zero-order valence-corrected chi connectivity index (χ0v) is 14.8. The summed E-state index contributed by atoms with van der Waals surface area (Å²) in [5.74, 6) is -0.811. The van der Waals surface area contributed by atoms with Gasteiger partial charge in [0.25, 0.3) is 0 Å². The molecule has 2 rings (SSSR count). The summed E-state index contributed by atoms with van der Waals surface area (Å²) in [5.41, 5.74) is 5.81. The zero-order valence-electron chi connectivity index (χ0n) is 11.6. The Bertz CT molecular complexity index is 617. The SMILES string of the molecule is CSC1CCC(NS(=O)(=O)c2cc(N)cc(Br)c2F)CC1. The van der Waals surface area contributed by atoms with Crippen LogP contribution in [0.15, 0.2) is 21.5 Å². The van der Waals surface area contributed by atoms with Crippen molar-refractivity contribution in [3.8, 4) is 0 Å². The molecule has 1 aromatic carbocycles. The number of halogens is 2. The second-order valence-corrected chi connectivity index (χ2v) is 8.82. The fraction of sp³-hybridized carbons (Fsp3) is 0.538. The fourth-order valence-electron chi connectivity index (χ4n) is 2.48. The van der Waals surface area contributed by atoms with Crippen LogP contribution in [0.1, 0.15) is 25.7 Å². The van der Waals surface area contributed by atoms with Gasteiger partial charge in [0, 0.05) is 17.0 Å². The van der Waals surface area contributed by atoms with Crippen LogP contribution >= 0.6 is 27.7 Å². The van der Waals surface area contributed by atoms with Crippen LogP contribution in [0.2, 0.25) is 0 Å². The van der Waals surface area contributed by atoms with Crippen molar-refractivity contribution < 1.29 is 12.8 Å². The van der Waals surface area contributed by atoms with Gasteiger partial charge in [0.05, 0.1) is 4.47 Å². The third-order valence-electron chi connectivity index (χ3n) is 3.64. The highest BCUT2D eigenvalue weighted by molar-refractivity contribution is 9.10. The molecule has 8 heteroatoms. The van der Waals surface area contributed by atoms with Gasteiger partial charge in [-0.25, -0.2) is 17.5 Å². The number of rotatable bonds is 4. The van der Waals surface area contributed by atoms with E-state index in [-0.39, 0.29) is 16.2 Å². The lowest BCUT2D eigenvalue weighted by molar-refractivity contribution is 0.419. The first-order chi connectivity index (χ1) is 9.83. The predicted molar refractivity (Wildman–Crippen MR) is 88.4 cm³/mol. The molecule has 1 saturated carbocycles. The number of nitrogens with one attached hydrogen (secondary N) is 1. The van der Waals surface area contributed by atoms with Gasteiger partial charge in [-0.15, -0.1) is 0 Å². The van der Waals surface area contributed by atoms with E-state index >= 15 is 0 Å². The van der Waals surface area contributed by atoms with Gasteiger partial charge in [0.2, 0.25) is 10.0 Å². The van der Waals surface area contributed by atoms with Gasteiger partial charge in [-0.3, -0.25) is 0 Å². The van der Waals surface area contributed by atoms with Crippen LogP contribution in [0.25, 0.3) is 0 Å². The Balaban J connectivity index is 2.16. The Morgan fingerprint density at radius 3 is 2.52 bits per heavy atom. The Hall–Kier alpha value is -0.310. The van der Waals surface area contributed by atoms with Crippen LogP contribution in [0.4, 0.5) is 10.1 Å². The third kappa shape index (κ3) is 4.12. The Labute approximate surface area is 137 Å². The molecule has 0 aromatic heterocycles. The minimum atomic E-state index is -3.90. The Morgan fingerprint density at radius 1 is 1.33 bits per heavy atom. The average molecular weight is 397 g/mol. The van der Waals surface area contributed by atoms with Crippen LogP contribution in [0.5, 0.6) is 0 Å². The predicted octanol–water partition coefficient (Wildman–Crippen LogP) is 3.12. The first kappa shape index (κ1) is 17.1. The molecular weight excluding hydrogens is 379 g/mol. The molecular formula is C13H18BrFN2O2S2. The lowest BCUT2D eigenvalue weighted by atomic mass is 9.96. The molecule has 0 saturated heterocycles. The molecule has 0 heterocycles. The van der Waals surface area contributed by atoms with E-state index in [1.165, 1.54) is 6.07 Å². The van der Waals surface area contributed by atoms with E-state index in [1.54, 1.807) is 0 Å². The van der Waals surface area contributed by atoms with Gasteiger partial charge in [0.15, 0.2) is 5.82 Å². The van der Waals surface area contributed by atoms with E-state index in [9.17, 15) is 12.8 Å². The highest BCUT2D eigenvalue weighted by atomic mass is 79.9. The third-order valence-corrected chi connectivity index (χ3v) is 6.87. The van der Waals surface area contributed by atoms with Crippen molar-refractivity contribution >= 4 is 43.4 Å². The molecule has 1 aliphatic carbocycles. The topological polar surface area (TPSA) is 72.2 Å². The zero-order chi connectivity index (χ0) is 15.6. The smallest absolute Gasteiger partial charge is 0.243 e. The number of hydrogen-bond donors (Lipinski definition) is 2. The summed E-state index contributed by atoms with van der Waals surface area (Å²) < 4.78 is 41.4. The molecule has 21 heavy (non-hydrogen) atoms. The van der Waals surface area contributed by atoms with Gasteiger partial charge in [-0.2, -0.15) is 11.8 Å². The van der Waals surface area contributed by atoms with E-state index in [4.69, 9.17) is 5.73 Å². The summed E-state index contributed by atoms with van der Waals surface area (Å²) in [5, 5.41) is 0.587. The minimum Gasteiger partial charge on any atom is -0.399 e. The molecule has 0 spiro atoms. The summed E-state index contributed by atoms with van der Waals surface area (Å²) in [7, 11) is -3.90. The summed E-state index contributed by atoms with van der Waals surface area (Å²) in [6.45, 7) is 0. The van der Waals surface area contributed by atoms with E-state index < -0.39 is 20.7 Å². The van der Waals surface area contributed by atoms with Crippen LogP contribution in [0, 0.1) is 5.82 Å². The van der Waals surface area contributed by atoms with Crippen LogP contribution in [0.3, 0.4) is 0 Å². The van der Waals surface area contributed by atoms with E-state index in [2.05, 4.69) is 26.9 Å². The first-order valence-corrected chi connectivity index (χ1v) is 10.2. The molecule has 1 fully saturated rings. The maximum atomic E-state index is 14.0. The van der Waals surface area contributed by atoms with Gasteiger partial charge in [-0.05, 0) is 60.0 Å². The molecule has 0 radical (unpaired) electrons. The standard InChI is InChI=1S/C13H18BrFN2O2S2/c1-20-10-4-2-9(3-5-10)17-21(18,19)12-7-8(16)6-11(14)13(12)15/h6-7,9-10,17H,2-5,16H2,1H3. The molecule has 0 bridgehead atoms. The largest absolute Gasteiger partial charge is 0.399 e. The Morgan fingerprint density at radius 2 is 1.95 bits per heavy atom. The molecule has 0 atom stereocenters. The van der Waals surface area contributed by atoms with Crippen LogP contribution in [-0.4, -0.2) is 26.0 Å². The van der Waals surface area contributed by atoms with Crippen molar-refractivity contribution in [2.75, 3.05) is 12.0 Å². The quantitative estimate of drug-likeness (QED) is 0.766. The number of nitrogens with two attached hydrogens (primary N) is 1. The summed E-state index contributed by atoms with van der Waals surface area (Å²) in [6.07, 6.45) is 5.55. The minimum absolute atomic E-state index is 0.0500. The number of hydrogen-bond acceptors (Lipinski definition) is 4. The highest BCUT2D eigenvalue weighted by Crippen LogP contribution is 2.29. The van der Waals surface area contributed by atoms with Gasteiger partial charge in [0.1, 0.15) is 4.90 Å². The van der Waals surface area contributed by atoms with Gasteiger partial charge < -0.3 is 5.73 Å². The van der Waals surface area contributed by atoms with Gasteiger partial charge >= 0.3 is 0 Å². The average Bonchev–Trinajstić information content (AvgIpc) is 2.43.